The number of nitrogens with zero attached hydrogens (tertiary/aromatic N) is 1. The van der Waals surface area contributed by atoms with Gasteiger partial charge in [-0.15, -0.1) is 0 Å². The van der Waals surface area contributed by atoms with Crippen LogP contribution >= 0.6 is 11.6 Å². The van der Waals surface area contributed by atoms with Gasteiger partial charge in [0.15, 0.2) is 5.69 Å². The van der Waals surface area contributed by atoms with Crippen LogP contribution in [0, 0.1) is 0 Å². The number of hydrogen-bond donors (Lipinski definition) is 3. The summed E-state index contributed by atoms with van der Waals surface area (Å²) >= 11 is 5.90. The Balaban J connectivity index is 1.66. The molecule has 0 spiro atoms. The van der Waals surface area contributed by atoms with E-state index in [0.29, 0.717) is 47.9 Å². The van der Waals surface area contributed by atoms with Gasteiger partial charge in [-0.3, -0.25) is 14.7 Å². The van der Waals surface area contributed by atoms with Gasteiger partial charge in [0.1, 0.15) is 0 Å². The fraction of sp³-hybridized carbons (Fsp3) is 0.375. The molecule has 3 N–H and O–H groups in total. The molecule has 3 aromatic rings. The van der Waals surface area contributed by atoms with Crippen molar-refractivity contribution in [2.45, 2.75) is 38.1 Å². The monoisotopic (exact) mass is 455 g/mol. The zero-order chi connectivity index (χ0) is 22.5. The predicted octanol–water partition coefficient (Wildman–Crippen LogP) is 3.33. The summed E-state index contributed by atoms with van der Waals surface area (Å²) in [7, 11) is 0. The number of fused-ring (bicyclic) bond motifs is 1. The Labute approximate surface area is 190 Å². The number of hydrogen-bond acceptors (Lipinski definition) is 5. The first-order valence-electron chi connectivity index (χ1n) is 10.8. The first-order chi connectivity index (χ1) is 15.6. The van der Waals surface area contributed by atoms with Crippen LogP contribution in [0.5, 0.6) is 0 Å². The molecule has 1 fully saturated rings. The lowest BCUT2D eigenvalue weighted by Gasteiger charge is -2.23. The number of carbonyl (C=O) groups excluding carboxylic acids is 1. The van der Waals surface area contributed by atoms with Crippen LogP contribution in [0.3, 0.4) is 0 Å². The van der Waals surface area contributed by atoms with E-state index < -0.39 is 11.3 Å². The summed E-state index contributed by atoms with van der Waals surface area (Å²) in [4.78, 5) is 26.0. The van der Waals surface area contributed by atoms with Crippen LogP contribution in [-0.4, -0.2) is 41.0 Å². The summed E-state index contributed by atoms with van der Waals surface area (Å²) in [6.45, 7) is 1.71. The summed E-state index contributed by atoms with van der Waals surface area (Å²) in [5, 5.41) is 20.1. The van der Waals surface area contributed by atoms with Crippen molar-refractivity contribution in [3.05, 3.63) is 74.0 Å². The Hall–Kier alpha value is -2.74. The molecule has 168 valence electrons. The van der Waals surface area contributed by atoms with Crippen molar-refractivity contribution in [2.75, 3.05) is 19.8 Å². The Morgan fingerprint density at radius 2 is 1.97 bits per heavy atom. The molecule has 0 bridgehead atoms. The zero-order valence-corrected chi connectivity index (χ0v) is 18.5. The summed E-state index contributed by atoms with van der Waals surface area (Å²) in [5.41, 5.74) is 2.92. The molecule has 4 rings (SSSR count). The highest BCUT2D eigenvalue weighted by Gasteiger charge is 2.21. The maximum atomic E-state index is 13.3. The molecule has 2 heterocycles. The molecule has 1 aromatic heterocycles. The maximum Gasteiger partial charge on any atom is 0.276 e. The number of aliphatic hydroxyl groups excluding tert-OH is 1. The highest BCUT2D eigenvalue weighted by Crippen LogP contribution is 2.30. The number of halogens is 1. The SMILES string of the molecule is O=C(NCc1ccc(Cl)cc1)c1n[nH]c2c(CCCO)cc(C3CCOCC3)cc2c1=O. The second-order valence-electron chi connectivity index (χ2n) is 8.03. The van der Waals surface area contributed by atoms with Crippen molar-refractivity contribution in [3.63, 3.8) is 0 Å². The molecule has 0 saturated carbocycles. The van der Waals surface area contributed by atoms with E-state index in [-0.39, 0.29) is 18.8 Å². The second-order valence-corrected chi connectivity index (χ2v) is 8.46. The van der Waals surface area contributed by atoms with E-state index in [1.54, 1.807) is 12.1 Å². The molecule has 1 aliphatic heterocycles. The Kier molecular flexibility index (Phi) is 7.19. The van der Waals surface area contributed by atoms with Crippen molar-refractivity contribution in [2.24, 2.45) is 0 Å². The number of amides is 1. The average molecular weight is 456 g/mol. The van der Waals surface area contributed by atoms with Crippen molar-refractivity contribution >= 4 is 28.4 Å². The van der Waals surface area contributed by atoms with Crippen molar-refractivity contribution < 1.29 is 14.6 Å². The highest BCUT2D eigenvalue weighted by molar-refractivity contribution is 6.30. The number of aromatic amines is 1. The number of rotatable bonds is 7. The van der Waals surface area contributed by atoms with E-state index in [9.17, 15) is 14.7 Å². The van der Waals surface area contributed by atoms with E-state index in [1.807, 2.05) is 18.2 Å². The third-order valence-electron chi connectivity index (χ3n) is 5.86. The quantitative estimate of drug-likeness (QED) is 0.507. The summed E-state index contributed by atoms with van der Waals surface area (Å²) in [6.07, 6.45) is 2.98. The largest absolute Gasteiger partial charge is 0.396 e. The first-order valence-corrected chi connectivity index (χ1v) is 11.2. The lowest BCUT2D eigenvalue weighted by Crippen LogP contribution is -2.30. The Morgan fingerprint density at radius 3 is 2.69 bits per heavy atom. The molecule has 7 nitrogen and oxygen atoms in total. The van der Waals surface area contributed by atoms with Gasteiger partial charge in [0.2, 0.25) is 5.43 Å². The molecule has 0 atom stereocenters. The summed E-state index contributed by atoms with van der Waals surface area (Å²) in [6, 6.07) is 11.1. The molecule has 1 saturated heterocycles. The number of benzene rings is 2. The van der Waals surface area contributed by atoms with E-state index in [1.165, 1.54) is 0 Å². The third kappa shape index (κ3) is 5.01. The lowest BCUT2D eigenvalue weighted by molar-refractivity contribution is 0.0853. The van der Waals surface area contributed by atoms with E-state index in [2.05, 4.69) is 21.6 Å². The van der Waals surface area contributed by atoms with Crippen LogP contribution in [0.4, 0.5) is 0 Å². The highest BCUT2D eigenvalue weighted by atomic mass is 35.5. The van der Waals surface area contributed by atoms with Crippen LogP contribution in [0.25, 0.3) is 10.9 Å². The molecular formula is C24H26ClN3O4. The molecule has 2 aromatic carbocycles. The van der Waals surface area contributed by atoms with Crippen molar-refractivity contribution in [1.29, 1.82) is 0 Å². The number of ether oxygens (including phenoxy) is 1. The molecule has 1 aliphatic rings. The molecule has 0 radical (unpaired) electrons. The van der Waals surface area contributed by atoms with E-state index >= 15 is 0 Å². The minimum absolute atomic E-state index is 0.0613. The van der Waals surface area contributed by atoms with Gasteiger partial charge in [0.25, 0.3) is 5.91 Å². The number of aromatic nitrogens is 2. The fourth-order valence-electron chi connectivity index (χ4n) is 4.08. The summed E-state index contributed by atoms with van der Waals surface area (Å²) in [5.74, 6) is -0.229. The first kappa shape index (κ1) is 22.5. The second kappa shape index (κ2) is 10.3. The van der Waals surface area contributed by atoms with Gasteiger partial charge >= 0.3 is 0 Å². The van der Waals surface area contributed by atoms with Crippen LogP contribution in [-0.2, 0) is 17.7 Å². The molecule has 32 heavy (non-hydrogen) atoms. The lowest BCUT2D eigenvalue weighted by atomic mass is 9.88. The van der Waals surface area contributed by atoms with Crippen LogP contribution < -0.4 is 10.7 Å². The van der Waals surface area contributed by atoms with E-state index in [0.717, 1.165) is 29.5 Å². The predicted molar refractivity (Wildman–Crippen MR) is 123 cm³/mol. The van der Waals surface area contributed by atoms with Crippen LogP contribution in [0.2, 0.25) is 5.02 Å². The van der Waals surface area contributed by atoms with Gasteiger partial charge in [-0.05, 0) is 66.5 Å². The molecule has 1 amide bonds. The van der Waals surface area contributed by atoms with Crippen molar-refractivity contribution in [1.82, 2.24) is 15.5 Å². The van der Waals surface area contributed by atoms with Gasteiger partial charge in [-0.25, -0.2) is 0 Å². The number of aliphatic hydroxyl groups is 1. The minimum Gasteiger partial charge on any atom is -0.396 e. The average Bonchev–Trinajstić information content (AvgIpc) is 2.83. The maximum absolute atomic E-state index is 13.3. The van der Waals surface area contributed by atoms with Gasteiger partial charge in [-0.1, -0.05) is 29.8 Å². The molecule has 0 aliphatic carbocycles. The van der Waals surface area contributed by atoms with Gasteiger partial charge < -0.3 is 15.2 Å². The Bertz CT molecular complexity index is 1150. The smallest absolute Gasteiger partial charge is 0.276 e. The fourth-order valence-corrected chi connectivity index (χ4v) is 4.21. The van der Waals surface area contributed by atoms with Crippen molar-refractivity contribution in [3.8, 4) is 0 Å². The zero-order valence-electron chi connectivity index (χ0n) is 17.7. The molecule has 8 heteroatoms. The Morgan fingerprint density at radius 1 is 1.22 bits per heavy atom. The number of aryl methyl sites for hydroxylation is 1. The van der Waals surface area contributed by atoms with Crippen LogP contribution in [0.15, 0.2) is 41.2 Å². The number of carbonyl (C=O) groups is 1. The van der Waals surface area contributed by atoms with E-state index in [4.69, 9.17) is 16.3 Å². The van der Waals surface area contributed by atoms with Gasteiger partial charge in [0, 0.05) is 31.4 Å². The topological polar surface area (TPSA) is 104 Å². The standard InChI is InChI=1S/C24H26ClN3O4/c25-19-5-3-15(4-6-19)14-26-24(31)22-23(30)20-13-18(16-7-10-32-11-8-16)12-17(2-1-9-29)21(20)27-28-22/h3-6,12-13,16,29H,1-2,7-11,14H2,(H,26,31)(H,27,30). The van der Waals surface area contributed by atoms with Gasteiger partial charge in [-0.2, -0.15) is 5.10 Å². The summed E-state index contributed by atoms with van der Waals surface area (Å²) < 4.78 is 5.48. The number of nitrogens with one attached hydrogen (secondary N) is 2. The molecular weight excluding hydrogens is 430 g/mol. The third-order valence-corrected chi connectivity index (χ3v) is 6.11. The van der Waals surface area contributed by atoms with Gasteiger partial charge in [0.05, 0.1) is 10.9 Å². The number of H-pyrrole nitrogens is 1. The minimum atomic E-state index is -0.531. The van der Waals surface area contributed by atoms with Crippen LogP contribution in [0.1, 0.15) is 52.4 Å². The normalized spacial score (nSPS) is 14.6. The molecule has 0 unspecified atom stereocenters.